The fourth-order valence-electron chi connectivity index (χ4n) is 1.68. The minimum absolute atomic E-state index is 0.120. The van der Waals surface area contributed by atoms with E-state index < -0.39 is 0 Å². The van der Waals surface area contributed by atoms with Gasteiger partial charge in [0.25, 0.3) is 0 Å². The topological polar surface area (TPSA) is 43.6 Å². The number of ether oxygens (including phenoxy) is 1. The summed E-state index contributed by atoms with van der Waals surface area (Å²) < 4.78 is 6.99. The molecule has 2 heterocycles. The molecule has 4 nitrogen and oxygen atoms in total. The van der Waals surface area contributed by atoms with Gasteiger partial charge in [-0.3, -0.25) is 4.79 Å². The van der Waals surface area contributed by atoms with Crippen LogP contribution in [0.4, 0.5) is 0 Å². The highest BCUT2D eigenvalue weighted by Gasteiger charge is 2.14. The maximum atomic E-state index is 10.9. The Morgan fingerprint density at radius 1 is 1.60 bits per heavy atom. The second kappa shape index (κ2) is 3.82. The number of carbonyl (C=O) groups is 1. The molecule has 78 valence electrons. The van der Waals surface area contributed by atoms with Gasteiger partial charge in [-0.1, -0.05) is 0 Å². The van der Waals surface area contributed by atoms with Gasteiger partial charge in [0.1, 0.15) is 0 Å². The molecule has 0 bridgehead atoms. The number of aromatic nitrogens is 2. The third kappa shape index (κ3) is 1.53. The quantitative estimate of drug-likeness (QED) is 0.717. The molecule has 0 saturated heterocycles. The summed E-state index contributed by atoms with van der Waals surface area (Å²) in [7, 11) is 1.62. The minimum atomic E-state index is -0.120. The Hall–Kier alpha value is -1.68. The lowest BCUT2D eigenvalue weighted by Crippen LogP contribution is -2.05. The Morgan fingerprint density at radius 2 is 2.40 bits per heavy atom. The fraction of sp³-hybridized carbons (Fsp3) is 0.273. The number of nitrogens with zero attached hydrogens (tertiary/aromatic N) is 2. The molecule has 1 unspecified atom stereocenters. The van der Waals surface area contributed by atoms with Crippen LogP contribution in [0.5, 0.6) is 0 Å². The maximum Gasteiger partial charge on any atom is 0.152 e. The van der Waals surface area contributed by atoms with Crippen LogP contribution in [0.2, 0.25) is 0 Å². The van der Waals surface area contributed by atoms with E-state index in [9.17, 15) is 4.79 Å². The van der Waals surface area contributed by atoms with Crippen LogP contribution < -0.4 is 0 Å². The highest BCUT2D eigenvalue weighted by molar-refractivity contribution is 5.81. The predicted molar refractivity (Wildman–Crippen MR) is 56.0 cm³/mol. The lowest BCUT2D eigenvalue weighted by atomic mass is 10.1. The van der Waals surface area contributed by atoms with Crippen molar-refractivity contribution in [3.63, 3.8) is 0 Å². The Morgan fingerprint density at radius 3 is 3.07 bits per heavy atom. The maximum absolute atomic E-state index is 10.9. The van der Waals surface area contributed by atoms with Gasteiger partial charge in [0.2, 0.25) is 0 Å². The number of methoxy groups -OCH3 is 1. The van der Waals surface area contributed by atoms with E-state index in [1.807, 2.05) is 25.3 Å². The summed E-state index contributed by atoms with van der Waals surface area (Å²) >= 11 is 0. The standard InChI is InChI=1S/C11H12N2O2/c1-8(15-2)11-9(7-14)6-12-13-5-3-4-10(11)13/h3-8H,1-2H3. The zero-order valence-corrected chi connectivity index (χ0v) is 8.68. The lowest BCUT2D eigenvalue weighted by Gasteiger charge is -2.13. The van der Waals surface area contributed by atoms with Gasteiger partial charge < -0.3 is 4.74 Å². The SMILES string of the molecule is COC(C)c1c(C=O)cnn2cccc12. The van der Waals surface area contributed by atoms with E-state index in [4.69, 9.17) is 4.74 Å². The van der Waals surface area contributed by atoms with E-state index in [2.05, 4.69) is 5.10 Å². The second-order valence-corrected chi connectivity index (χ2v) is 3.35. The van der Waals surface area contributed by atoms with Crippen molar-refractivity contribution in [2.24, 2.45) is 0 Å². The lowest BCUT2D eigenvalue weighted by molar-refractivity contribution is 0.108. The fourth-order valence-corrected chi connectivity index (χ4v) is 1.68. The predicted octanol–water partition coefficient (Wildman–Crippen LogP) is 1.85. The van der Waals surface area contributed by atoms with Gasteiger partial charge in [0, 0.05) is 24.4 Å². The summed E-state index contributed by atoms with van der Waals surface area (Å²) in [4.78, 5) is 10.9. The molecule has 0 saturated carbocycles. The molecule has 0 spiro atoms. The zero-order chi connectivity index (χ0) is 10.8. The second-order valence-electron chi connectivity index (χ2n) is 3.35. The van der Waals surface area contributed by atoms with Gasteiger partial charge in [0.15, 0.2) is 6.29 Å². The van der Waals surface area contributed by atoms with Gasteiger partial charge >= 0.3 is 0 Å². The number of fused-ring (bicyclic) bond motifs is 1. The third-order valence-electron chi connectivity index (χ3n) is 2.52. The number of rotatable bonds is 3. The molecule has 2 aromatic rings. The van der Waals surface area contributed by atoms with Crippen molar-refractivity contribution in [3.8, 4) is 0 Å². The van der Waals surface area contributed by atoms with Gasteiger partial charge in [-0.15, -0.1) is 0 Å². The summed E-state index contributed by atoms with van der Waals surface area (Å²) in [6, 6.07) is 3.81. The van der Waals surface area contributed by atoms with Crippen LogP contribution >= 0.6 is 0 Å². The largest absolute Gasteiger partial charge is 0.377 e. The molecular formula is C11H12N2O2. The van der Waals surface area contributed by atoms with Crippen molar-refractivity contribution in [1.29, 1.82) is 0 Å². The first-order chi connectivity index (χ1) is 7.27. The van der Waals surface area contributed by atoms with E-state index in [1.54, 1.807) is 17.8 Å². The van der Waals surface area contributed by atoms with Crippen LogP contribution in [0.3, 0.4) is 0 Å². The molecule has 4 heteroatoms. The summed E-state index contributed by atoms with van der Waals surface area (Å²) in [5.41, 5.74) is 2.37. The molecule has 0 aliphatic carbocycles. The van der Waals surface area contributed by atoms with E-state index in [0.717, 1.165) is 17.4 Å². The van der Waals surface area contributed by atoms with E-state index in [0.29, 0.717) is 5.56 Å². The Kier molecular flexibility index (Phi) is 2.51. The Bertz CT molecular complexity index is 490. The van der Waals surface area contributed by atoms with Crippen LogP contribution in [-0.2, 0) is 4.74 Å². The molecule has 1 atom stereocenters. The van der Waals surface area contributed by atoms with Gasteiger partial charge in [-0.05, 0) is 19.1 Å². The summed E-state index contributed by atoms with van der Waals surface area (Å²) in [6.07, 6.45) is 4.09. The van der Waals surface area contributed by atoms with Crippen molar-refractivity contribution in [2.75, 3.05) is 7.11 Å². The van der Waals surface area contributed by atoms with Crippen LogP contribution in [0.25, 0.3) is 5.52 Å². The smallest absolute Gasteiger partial charge is 0.152 e. The summed E-state index contributed by atoms with van der Waals surface area (Å²) in [6.45, 7) is 1.91. The molecule has 0 amide bonds. The van der Waals surface area contributed by atoms with Crippen LogP contribution in [0.1, 0.15) is 28.9 Å². The molecular weight excluding hydrogens is 192 g/mol. The van der Waals surface area contributed by atoms with E-state index in [1.165, 1.54) is 0 Å². The van der Waals surface area contributed by atoms with Crippen LogP contribution in [-0.4, -0.2) is 23.0 Å². The molecule has 0 aliphatic rings. The van der Waals surface area contributed by atoms with Crippen molar-refractivity contribution in [2.45, 2.75) is 13.0 Å². The average molecular weight is 204 g/mol. The van der Waals surface area contributed by atoms with Crippen LogP contribution in [0.15, 0.2) is 24.5 Å². The summed E-state index contributed by atoms with van der Waals surface area (Å²) in [5, 5.41) is 4.12. The van der Waals surface area contributed by atoms with Crippen molar-refractivity contribution in [1.82, 2.24) is 9.61 Å². The van der Waals surface area contributed by atoms with Crippen molar-refractivity contribution < 1.29 is 9.53 Å². The first-order valence-electron chi connectivity index (χ1n) is 4.72. The van der Waals surface area contributed by atoms with Gasteiger partial charge in [0.05, 0.1) is 17.8 Å². The number of hydrogen-bond donors (Lipinski definition) is 0. The molecule has 15 heavy (non-hydrogen) atoms. The van der Waals surface area contributed by atoms with Crippen molar-refractivity contribution >= 4 is 11.8 Å². The molecule has 0 fully saturated rings. The summed E-state index contributed by atoms with van der Waals surface area (Å²) in [5.74, 6) is 0. The third-order valence-corrected chi connectivity index (χ3v) is 2.52. The van der Waals surface area contributed by atoms with Gasteiger partial charge in [-0.25, -0.2) is 4.52 Å². The molecule has 2 aromatic heterocycles. The first-order valence-corrected chi connectivity index (χ1v) is 4.72. The molecule has 0 aromatic carbocycles. The van der Waals surface area contributed by atoms with Crippen molar-refractivity contribution in [3.05, 3.63) is 35.7 Å². The number of hydrogen-bond acceptors (Lipinski definition) is 3. The Balaban J connectivity index is 2.73. The minimum Gasteiger partial charge on any atom is -0.377 e. The zero-order valence-electron chi connectivity index (χ0n) is 8.68. The number of aldehydes is 1. The highest BCUT2D eigenvalue weighted by Crippen LogP contribution is 2.24. The Labute approximate surface area is 87.5 Å². The van der Waals surface area contributed by atoms with Gasteiger partial charge in [-0.2, -0.15) is 5.10 Å². The normalized spacial score (nSPS) is 12.9. The molecule has 2 rings (SSSR count). The van der Waals surface area contributed by atoms with E-state index >= 15 is 0 Å². The first kappa shape index (κ1) is 9.86. The number of carbonyl (C=O) groups excluding carboxylic acids is 1. The molecule has 0 N–H and O–H groups in total. The average Bonchev–Trinajstić information content (AvgIpc) is 2.74. The highest BCUT2D eigenvalue weighted by atomic mass is 16.5. The molecule has 0 radical (unpaired) electrons. The monoisotopic (exact) mass is 204 g/mol. The molecule has 0 aliphatic heterocycles. The van der Waals surface area contributed by atoms with E-state index in [-0.39, 0.29) is 6.10 Å². The van der Waals surface area contributed by atoms with Crippen LogP contribution in [0, 0.1) is 0 Å².